The summed E-state index contributed by atoms with van der Waals surface area (Å²) in [5.74, 6) is -0.197. The molecule has 1 N–H and O–H groups in total. The normalized spacial score (nSPS) is 17.6. The van der Waals surface area contributed by atoms with Gasteiger partial charge in [0.15, 0.2) is 5.75 Å². The third-order valence-corrected chi connectivity index (χ3v) is 3.66. The molecule has 1 aromatic heterocycles. The van der Waals surface area contributed by atoms with E-state index < -0.39 is 6.61 Å². The molecule has 122 valence electrons. The molecule has 0 aliphatic carbocycles. The minimum atomic E-state index is -2.93. The van der Waals surface area contributed by atoms with Crippen LogP contribution in [-0.2, 0) is 9.53 Å². The number of alkyl halides is 2. The molecular formula is C16H16F2N2O3. The Morgan fingerprint density at radius 3 is 3.04 bits per heavy atom. The number of anilines is 1. The van der Waals surface area contributed by atoms with Crippen LogP contribution < -0.4 is 10.1 Å². The molecule has 7 heteroatoms. The van der Waals surface area contributed by atoms with E-state index >= 15 is 0 Å². The van der Waals surface area contributed by atoms with E-state index in [-0.39, 0.29) is 29.7 Å². The van der Waals surface area contributed by atoms with Crippen LogP contribution >= 0.6 is 0 Å². The van der Waals surface area contributed by atoms with Gasteiger partial charge in [0.1, 0.15) is 5.52 Å². The molecule has 1 aromatic carbocycles. The fraction of sp³-hybridized carbons (Fsp3) is 0.375. The maximum Gasteiger partial charge on any atom is 0.387 e. The fourth-order valence-electron chi connectivity index (χ4n) is 2.66. The lowest BCUT2D eigenvalue weighted by molar-refractivity contribution is -0.118. The van der Waals surface area contributed by atoms with Gasteiger partial charge in [0.25, 0.3) is 0 Å². The maximum atomic E-state index is 12.5. The minimum absolute atomic E-state index is 0.0206. The monoisotopic (exact) mass is 322 g/mol. The Kier molecular flexibility index (Phi) is 4.66. The van der Waals surface area contributed by atoms with Crippen LogP contribution in [0.5, 0.6) is 5.75 Å². The molecule has 23 heavy (non-hydrogen) atoms. The molecule has 0 radical (unpaired) electrons. The quantitative estimate of drug-likeness (QED) is 0.917. The molecule has 0 spiro atoms. The minimum Gasteiger partial charge on any atom is -0.432 e. The molecule has 0 saturated carbocycles. The second-order valence-electron chi connectivity index (χ2n) is 5.28. The molecule has 2 aromatic rings. The average molecular weight is 322 g/mol. The van der Waals surface area contributed by atoms with E-state index in [1.54, 1.807) is 12.1 Å². The largest absolute Gasteiger partial charge is 0.432 e. The first-order valence-electron chi connectivity index (χ1n) is 7.37. The van der Waals surface area contributed by atoms with Crippen molar-refractivity contribution in [3.63, 3.8) is 0 Å². The number of nitrogens with one attached hydrogen (secondary N) is 1. The summed E-state index contributed by atoms with van der Waals surface area (Å²) in [4.78, 5) is 16.2. The number of benzene rings is 1. The Labute approximate surface area is 131 Å². The third-order valence-electron chi connectivity index (χ3n) is 3.66. The zero-order valence-corrected chi connectivity index (χ0v) is 12.3. The predicted octanol–water partition coefficient (Wildman–Crippen LogP) is 3.34. The Bertz CT molecular complexity index is 703. The number of nitrogens with zero attached hydrogens (tertiary/aromatic N) is 1. The van der Waals surface area contributed by atoms with E-state index in [1.165, 1.54) is 18.3 Å². The first-order chi connectivity index (χ1) is 11.1. The second kappa shape index (κ2) is 6.87. The highest BCUT2D eigenvalue weighted by molar-refractivity contribution is 6.02. The van der Waals surface area contributed by atoms with Crippen molar-refractivity contribution in [3.8, 4) is 5.75 Å². The zero-order chi connectivity index (χ0) is 16.2. The summed E-state index contributed by atoms with van der Waals surface area (Å²) in [6, 6.07) is 6.28. The summed E-state index contributed by atoms with van der Waals surface area (Å²) >= 11 is 0. The van der Waals surface area contributed by atoms with Gasteiger partial charge >= 0.3 is 6.61 Å². The highest BCUT2D eigenvalue weighted by atomic mass is 19.3. The number of fused-ring (bicyclic) bond motifs is 1. The van der Waals surface area contributed by atoms with E-state index in [1.807, 2.05) is 0 Å². The molecule has 1 atom stereocenters. The van der Waals surface area contributed by atoms with Crippen LogP contribution in [0.25, 0.3) is 10.9 Å². The molecular weight excluding hydrogens is 306 g/mol. The van der Waals surface area contributed by atoms with Crippen molar-refractivity contribution in [1.29, 1.82) is 0 Å². The summed E-state index contributed by atoms with van der Waals surface area (Å²) in [7, 11) is 0. The third kappa shape index (κ3) is 3.73. The standard InChI is InChI=1S/C16H16F2N2O3/c17-16(18)23-13-6-5-12(11-4-1-7-19-15(11)13)20-14(21)9-10-3-2-8-22-10/h1,4-7,10,16H,2-3,8-9H2,(H,20,21)/t10-/m0/s1. The summed E-state index contributed by atoms with van der Waals surface area (Å²) in [5.41, 5.74) is 0.792. The number of aromatic nitrogens is 1. The first-order valence-corrected chi connectivity index (χ1v) is 7.37. The second-order valence-corrected chi connectivity index (χ2v) is 5.28. The van der Waals surface area contributed by atoms with E-state index in [0.717, 1.165) is 12.8 Å². The highest BCUT2D eigenvalue weighted by Crippen LogP contribution is 2.31. The van der Waals surface area contributed by atoms with E-state index in [4.69, 9.17) is 4.74 Å². The predicted molar refractivity (Wildman–Crippen MR) is 80.6 cm³/mol. The number of carbonyl (C=O) groups is 1. The van der Waals surface area contributed by atoms with Gasteiger partial charge in [-0.3, -0.25) is 9.78 Å². The van der Waals surface area contributed by atoms with Crippen LogP contribution in [0, 0.1) is 0 Å². The number of carbonyl (C=O) groups excluding carboxylic acids is 1. The van der Waals surface area contributed by atoms with Crippen LogP contribution in [0.15, 0.2) is 30.5 Å². The van der Waals surface area contributed by atoms with Crippen molar-refractivity contribution in [2.45, 2.75) is 32.0 Å². The molecule has 0 bridgehead atoms. The molecule has 1 aliphatic heterocycles. The van der Waals surface area contributed by atoms with Gasteiger partial charge in [-0.15, -0.1) is 0 Å². The molecule has 5 nitrogen and oxygen atoms in total. The number of amides is 1. The first kappa shape index (κ1) is 15.6. The fourth-order valence-corrected chi connectivity index (χ4v) is 2.66. The van der Waals surface area contributed by atoms with Gasteiger partial charge in [0.2, 0.25) is 5.91 Å². The number of hydrogen-bond donors (Lipinski definition) is 1. The van der Waals surface area contributed by atoms with Crippen molar-refractivity contribution < 1.29 is 23.0 Å². The Hall–Kier alpha value is -2.28. The molecule has 1 fully saturated rings. The van der Waals surface area contributed by atoms with Crippen molar-refractivity contribution in [2.24, 2.45) is 0 Å². The molecule has 1 saturated heterocycles. The molecule has 2 heterocycles. The number of hydrogen-bond acceptors (Lipinski definition) is 4. The topological polar surface area (TPSA) is 60.5 Å². The number of ether oxygens (including phenoxy) is 2. The van der Waals surface area contributed by atoms with Gasteiger partial charge < -0.3 is 14.8 Å². The molecule has 1 aliphatic rings. The van der Waals surface area contributed by atoms with E-state index in [2.05, 4.69) is 15.0 Å². The van der Waals surface area contributed by atoms with Crippen LogP contribution in [0.1, 0.15) is 19.3 Å². The summed E-state index contributed by atoms with van der Waals surface area (Å²) < 4.78 is 34.8. The molecule has 3 rings (SSSR count). The van der Waals surface area contributed by atoms with Crippen molar-refractivity contribution in [3.05, 3.63) is 30.5 Å². The van der Waals surface area contributed by atoms with Crippen molar-refractivity contribution in [2.75, 3.05) is 11.9 Å². The van der Waals surface area contributed by atoms with Gasteiger partial charge in [-0.05, 0) is 37.1 Å². The summed E-state index contributed by atoms with van der Waals surface area (Å²) in [6.07, 6.45) is 3.54. The van der Waals surface area contributed by atoms with E-state index in [0.29, 0.717) is 17.7 Å². The van der Waals surface area contributed by atoms with Gasteiger partial charge in [-0.1, -0.05) is 0 Å². The SMILES string of the molecule is O=C(C[C@@H]1CCCO1)Nc1ccc(OC(F)F)c2ncccc12. The highest BCUT2D eigenvalue weighted by Gasteiger charge is 2.20. The van der Waals surface area contributed by atoms with E-state index in [9.17, 15) is 13.6 Å². The number of rotatable bonds is 5. The van der Waals surface area contributed by atoms with Crippen LogP contribution in [0.2, 0.25) is 0 Å². The van der Waals surface area contributed by atoms with Crippen LogP contribution in [-0.4, -0.2) is 30.2 Å². The van der Waals surface area contributed by atoms with Gasteiger partial charge in [-0.25, -0.2) is 0 Å². The Morgan fingerprint density at radius 1 is 1.43 bits per heavy atom. The lowest BCUT2D eigenvalue weighted by atomic mass is 10.1. The Morgan fingerprint density at radius 2 is 2.30 bits per heavy atom. The van der Waals surface area contributed by atoms with Gasteiger partial charge in [0.05, 0.1) is 18.2 Å². The molecule has 1 amide bonds. The smallest absolute Gasteiger partial charge is 0.387 e. The lowest BCUT2D eigenvalue weighted by Crippen LogP contribution is -2.19. The molecule has 0 unspecified atom stereocenters. The van der Waals surface area contributed by atoms with Gasteiger partial charge in [0, 0.05) is 18.2 Å². The maximum absolute atomic E-state index is 12.5. The zero-order valence-electron chi connectivity index (χ0n) is 12.3. The summed E-state index contributed by atoms with van der Waals surface area (Å²) in [6.45, 7) is -2.25. The number of halogens is 2. The van der Waals surface area contributed by atoms with Crippen molar-refractivity contribution >= 4 is 22.5 Å². The average Bonchev–Trinajstić information content (AvgIpc) is 3.02. The van der Waals surface area contributed by atoms with Gasteiger partial charge in [-0.2, -0.15) is 8.78 Å². The lowest BCUT2D eigenvalue weighted by Gasteiger charge is -2.13. The summed E-state index contributed by atoms with van der Waals surface area (Å²) in [5, 5.41) is 3.34. The van der Waals surface area contributed by atoms with Crippen LogP contribution in [0.3, 0.4) is 0 Å². The number of pyridine rings is 1. The van der Waals surface area contributed by atoms with Crippen LogP contribution in [0.4, 0.5) is 14.5 Å². The Balaban J connectivity index is 1.82. The van der Waals surface area contributed by atoms with Crippen molar-refractivity contribution in [1.82, 2.24) is 4.98 Å².